The van der Waals surface area contributed by atoms with E-state index in [1.807, 2.05) is 30.3 Å². The van der Waals surface area contributed by atoms with Crippen molar-refractivity contribution < 1.29 is 19.2 Å². The average molecular weight is 348 g/mol. The standard InChI is InChI=1S/C16H16N2O5S/c1-11(15(19)17-10-9-12-5-3-2-4-6-12)23-16(20)13-7-8-14(24-13)18(21)22/h2-8,11H,9-10H2,1H3,(H,17,19). The van der Waals surface area contributed by atoms with Crippen molar-refractivity contribution in [3.05, 3.63) is 63.0 Å². The van der Waals surface area contributed by atoms with Crippen molar-refractivity contribution in [1.82, 2.24) is 5.32 Å². The van der Waals surface area contributed by atoms with E-state index in [0.29, 0.717) is 24.3 Å². The third kappa shape index (κ3) is 4.88. The summed E-state index contributed by atoms with van der Waals surface area (Å²) in [5, 5.41) is 13.1. The summed E-state index contributed by atoms with van der Waals surface area (Å²) >= 11 is 0.713. The van der Waals surface area contributed by atoms with Gasteiger partial charge in [0.05, 0.1) is 4.92 Å². The molecule has 0 spiro atoms. The van der Waals surface area contributed by atoms with E-state index in [0.717, 1.165) is 5.56 Å². The molecule has 0 saturated heterocycles. The van der Waals surface area contributed by atoms with E-state index < -0.39 is 22.9 Å². The van der Waals surface area contributed by atoms with Crippen molar-refractivity contribution in [2.24, 2.45) is 0 Å². The molecule has 1 N–H and O–H groups in total. The Morgan fingerprint density at radius 3 is 2.58 bits per heavy atom. The molecule has 2 aromatic rings. The number of carbonyl (C=O) groups is 2. The van der Waals surface area contributed by atoms with Gasteiger partial charge >= 0.3 is 11.0 Å². The van der Waals surface area contributed by atoms with Gasteiger partial charge in [-0.2, -0.15) is 0 Å². The van der Waals surface area contributed by atoms with E-state index in [2.05, 4.69) is 5.32 Å². The Hall–Kier alpha value is -2.74. The van der Waals surface area contributed by atoms with Crippen molar-refractivity contribution in [3.63, 3.8) is 0 Å². The predicted molar refractivity (Wildman–Crippen MR) is 89.0 cm³/mol. The maximum absolute atomic E-state index is 11.9. The number of benzene rings is 1. The smallest absolute Gasteiger partial charge is 0.349 e. The van der Waals surface area contributed by atoms with Crippen LogP contribution in [0.5, 0.6) is 0 Å². The number of hydrogen-bond donors (Lipinski definition) is 1. The number of nitrogens with zero attached hydrogens (tertiary/aromatic N) is 1. The van der Waals surface area contributed by atoms with Gasteiger partial charge in [-0.1, -0.05) is 41.7 Å². The summed E-state index contributed by atoms with van der Waals surface area (Å²) in [6.45, 7) is 1.88. The lowest BCUT2D eigenvalue weighted by atomic mass is 10.1. The van der Waals surface area contributed by atoms with Gasteiger partial charge in [0.1, 0.15) is 4.88 Å². The summed E-state index contributed by atoms with van der Waals surface area (Å²) in [5.74, 6) is -1.16. The van der Waals surface area contributed by atoms with E-state index in [4.69, 9.17) is 4.74 Å². The lowest BCUT2D eigenvalue weighted by molar-refractivity contribution is -0.380. The Labute approximate surface area is 142 Å². The summed E-state index contributed by atoms with van der Waals surface area (Å²) in [7, 11) is 0. The van der Waals surface area contributed by atoms with E-state index in [1.165, 1.54) is 19.1 Å². The number of esters is 1. The summed E-state index contributed by atoms with van der Waals surface area (Å²) in [5.41, 5.74) is 1.09. The Morgan fingerprint density at radius 2 is 1.96 bits per heavy atom. The van der Waals surface area contributed by atoms with Crippen LogP contribution in [0.15, 0.2) is 42.5 Å². The molecule has 0 bridgehead atoms. The molecule has 2 rings (SSSR count). The molecule has 1 atom stereocenters. The molecular weight excluding hydrogens is 332 g/mol. The monoisotopic (exact) mass is 348 g/mol. The van der Waals surface area contributed by atoms with Crippen LogP contribution >= 0.6 is 11.3 Å². The van der Waals surface area contributed by atoms with Gasteiger partial charge in [-0.15, -0.1) is 0 Å². The number of nitrogens with one attached hydrogen (secondary N) is 1. The van der Waals surface area contributed by atoms with Crippen LogP contribution in [0.4, 0.5) is 5.00 Å². The minimum absolute atomic E-state index is 0.0886. The third-order valence-corrected chi connectivity index (χ3v) is 4.20. The molecule has 0 aliphatic heterocycles. The minimum Gasteiger partial charge on any atom is -0.448 e. The van der Waals surface area contributed by atoms with Gasteiger partial charge in [-0.25, -0.2) is 4.79 Å². The molecule has 0 aliphatic carbocycles. The number of thiophene rings is 1. The van der Waals surface area contributed by atoms with Crippen LogP contribution in [0.1, 0.15) is 22.2 Å². The molecule has 8 heteroatoms. The van der Waals surface area contributed by atoms with E-state index >= 15 is 0 Å². The topological polar surface area (TPSA) is 98.5 Å². The summed E-state index contributed by atoms with van der Waals surface area (Å²) in [4.78, 5) is 33.9. The molecular formula is C16H16N2O5S. The fourth-order valence-corrected chi connectivity index (χ4v) is 2.63. The second-order valence-corrected chi connectivity index (χ2v) is 6.03. The Bertz CT molecular complexity index is 729. The average Bonchev–Trinajstić information content (AvgIpc) is 3.06. The van der Waals surface area contributed by atoms with Crippen molar-refractivity contribution in [2.75, 3.05) is 6.54 Å². The number of hydrogen-bond acceptors (Lipinski definition) is 6. The maximum Gasteiger partial charge on any atom is 0.349 e. The predicted octanol–water partition coefficient (Wildman–Crippen LogP) is 2.56. The molecule has 0 radical (unpaired) electrons. The molecule has 1 unspecified atom stereocenters. The second kappa shape index (κ2) is 8.21. The molecule has 7 nitrogen and oxygen atoms in total. The largest absolute Gasteiger partial charge is 0.448 e. The first kappa shape index (κ1) is 17.6. The van der Waals surface area contributed by atoms with Crippen LogP contribution < -0.4 is 5.32 Å². The van der Waals surface area contributed by atoms with Gasteiger partial charge in [0.2, 0.25) is 0 Å². The van der Waals surface area contributed by atoms with Gasteiger partial charge in [0.25, 0.3) is 5.91 Å². The van der Waals surface area contributed by atoms with Gasteiger partial charge in [-0.05, 0) is 25.0 Å². The summed E-state index contributed by atoms with van der Waals surface area (Å²) in [6, 6.07) is 12.2. The van der Waals surface area contributed by atoms with Crippen molar-refractivity contribution in [3.8, 4) is 0 Å². The van der Waals surface area contributed by atoms with E-state index in [-0.39, 0.29) is 9.88 Å². The number of nitro groups is 1. The molecule has 0 aliphatic rings. The van der Waals surface area contributed by atoms with Gasteiger partial charge in [0, 0.05) is 12.6 Å². The number of carbonyl (C=O) groups excluding carboxylic acids is 2. The van der Waals surface area contributed by atoms with E-state index in [1.54, 1.807) is 0 Å². The molecule has 24 heavy (non-hydrogen) atoms. The molecule has 0 fully saturated rings. The SMILES string of the molecule is CC(OC(=O)c1ccc([N+](=O)[O-])s1)C(=O)NCCc1ccccc1. The molecule has 1 aromatic heterocycles. The van der Waals surface area contributed by atoms with Crippen LogP contribution in [0.2, 0.25) is 0 Å². The molecule has 126 valence electrons. The van der Waals surface area contributed by atoms with Crippen LogP contribution in [0.3, 0.4) is 0 Å². The number of rotatable bonds is 7. The lowest BCUT2D eigenvalue weighted by Gasteiger charge is -2.12. The first-order valence-electron chi connectivity index (χ1n) is 7.24. The maximum atomic E-state index is 11.9. The van der Waals surface area contributed by atoms with Crippen LogP contribution in [-0.4, -0.2) is 29.4 Å². The normalized spacial score (nSPS) is 11.5. The summed E-state index contributed by atoms with van der Waals surface area (Å²) < 4.78 is 5.03. The molecule has 0 saturated carbocycles. The van der Waals surface area contributed by atoms with Crippen LogP contribution in [-0.2, 0) is 16.0 Å². The lowest BCUT2D eigenvalue weighted by Crippen LogP contribution is -2.36. The van der Waals surface area contributed by atoms with Crippen LogP contribution in [0, 0.1) is 10.1 Å². The first-order chi connectivity index (χ1) is 11.5. The quantitative estimate of drug-likeness (QED) is 0.471. The third-order valence-electron chi connectivity index (χ3n) is 3.18. The zero-order valence-electron chi connectivity index (χ0n) is 12.9. The van der Waals surface area contributed by atoms with Gasteiger partial charge < -0.3 is 10.1 Å². The van der Waals surface area contributed by atoms with Crippen molar-refractivity contribution in [2.45, 2.75) is 19.4 Å². The molecule has 1 aromatic carbocycles. The van der Waals surface area contributed by atoms with Gasteiger partial charge in [-0.3, -0.25) is 14.9 Å². The molecule has 1 heterocycles. The van der Waals surface area contributed by atoms with Gasteiger partial charge in [0.15, 0.2) is 6.10 Å². The van der Waals surface area contributed by atoms with Crippen LogP contribution in [0.25, 0.3) is 0 Å². The Morgan fingerprint density at radius 1 is 1.25 bits per heavy atom. The Balaban J connectivity index is 1.80. The summed E-state index contributed by atoms with van der Waals surface area (Å²) in [6.07, 6.45) is -0.306. The fraction of sp³-hybridized carbons (Fsp3) is 0.250. The minimum atomic E-state index is -0.977. The zero-order chi connectivity index (χ0) is 17.5. The number of ether oxygens (including phenoxy) is 1. The van der Waals surface area contributed by atoms with Crippen molar-refractivity contribution in [1.29, 1.82) is 0 Å². The highest BCUT2D eigenvalue weighted by Gasteiger charge is 2.21. The number of amides is 1. The van der Waals surface area contributed by atoms with Crippen molar-refractivity contribution >= 4 is 28.2 Å². The molecule has 1 amide bonds. The highest BCUT2D eigenvalue weighted by Crippen LogP contribution is 2.24. The zero-order valence-corrected chi connectivity index (χ0v) is 13.7. The Kier molecular flexibility index (Phi) is 6.02. The highest BCUT2D eigenvalue weighted by atomic mass is 32.1. The fourth-order valence-electron chi connectivity index (χ4n) is 1.93. The van der Waals surface area contributed by atoms with E-state index in [9.17, 15) is 19.7 Å². The second-order valence-electron chi connectivity index (χ2n) is 4.97. The highest BCUT2D eigenvalue weighted by molar-refractivity contribution is 7.17. The first-order valence-corrected chi connectivity index (χ1v) is 8.06.